The molecular formula is C16H17N5O2. The van der Waals surface area contributed by atoms with Crippen molar-refractivity contribution in [2.75, 3.05) is 19.8 Å². The number of hydrogen-bond donors (Lipinski definition) is 2. The molecule has 0 spiro atoms. The van der Waals surface area contributed by atoms with Crippen molar-refractivity contribution in [3.63, 3.8) is 0 Å². The van der Waals surface area contributed by atoms with E-state index in [9.17, 15) is 4.79 Å². The van der Waals surface area contributed by atoms with Crippen LogP contribution in [0.4, 0.5) is 0 Å². The lowest BCUT2D eigenvalue weighted by Gasteiger charge is -2.35. The molecule has 0 saturated carbocycles. The maximum atomic E-state index is 13.0. The molecule has 0 radical (unpaired) electrons. The van der Waals surface area contributed by atoms with Crippen molar-refractivity contribution in [2.45, 2.75) is 13.0 Å². The average Bonchev–Trinajstić information content (AvgIpc) is 3.22. The first kappa shape index (κ1) is 14.0. The van der Waals surface area contributed by atoms with Gasteiger partial charge in [-0.2, -0.15) is 5.10 Å². The first-order valence-electron chi connectivity index (χ1n) is 7.56. The highest BCUT2D eigenvalue weighted by atomic mass is 16.5. The Morgan fingerprint density at radius 1 is 1.43 bits per heavy atom. The van der Waals surface area contributed by atoms with E-state index in [1.807, 2.05) is 30.0 Å². The summed E-state index contributed by atoms with van der Waals surface area (Å²) in [6.45, 7) is 3.55. The van der Waals surface area contributed by atoms with Crippen molar-refractivity contribution in [1.82, 2.24) is 25.1 Å². The van der Waals surface area contributed by atoms with Crippen LogP contribution in [0.2, 0.25) is 0 Å². The summed E-state index contributed by atoms with van der Waals surface area (Å²) in [4.78, 5) is 22.1. The lowest BCUT2D eigenvalue weighted by molar-refractivity contribution is -0.00406. The molecule has 1 atom stereocenters. The van der Waals surface area contributed by atoms with Gasteiger partial charge in [-0.05, 0) is 30.7 Å². The topological polar surface area (TPSA) is 86.9 Å². The molecule has 3 aromatic rings. The Hall–Kier alpha value is -2.67. The summed E-state index contributed by atoms with van der Waals surface area (Å²) < 4.78 is 5.58. The molecule has 23 heavy (non-hydrogen) atoms. The van der Waals surface area contributed by atoms with Crippen molar-refractivity contribution in [3.8, 4) is 0 Å². The summed E-state index contributed by atoms with van der Waals surface area (Å²) in [5.74, 6) is -0.0104. The third kappa shape index (κ3) is 2.39. The Balaban J connectivity index is 1.68. The third-order valence-corrected chi connectivity index (χ3v) is 4.26. The zero-order valence-electron chi connectivity index (χ0n) is 12.7. The number of amides is 1. The number of hydrogen-bond acceptors (Lipinski definition) is 4. The van der Waals surface area contributed by atoms with Crippen LogP contribution >= 0.6 is 0 Å². The Kier molecular flexibility index (Phi) is 3.34. The Morgan fingerprint density at radius 2 is 2.35 bits per heavy atom. The van der Waals surface area contributed by atoms with Gasteiger partial charge in [0.25, 0.3) is 5.91 Å². The first-order chi connectivity index (χ1) is 11.2. The van der Waals surface area contributed by atoms with Crippen LogP contribution in [-0.2, 0) is 4.74 Å². The second-order valence-corrected chi connectivity index (χ2v) is 5.69. The molecule has 2 aromatic heterocycles. The second kappa shape index (κ2) is 5.51. The number of aromatic amines is 2. The smallest absolute Gasteiger partial charge is 0.254 e. The minimum Gasteiger partial charge on any atom is -0.377 e. The standard InChI is InChI=1S/C16H17N5O2/c1-10-7-19-20-15(10)14-8-23-5-4-21(14)16(22)11-2-3-12-13(6-11)18-9-17-12/h2-3,6-7,9,14H,4-5,8H2,1H3,(H,17,18)(H,19,20). The molecule has 7 heteroatoms. The molecule has 7 nitrogen and oxygen atoms in total. The number of ether oxygens (including phenoxy) is 1. The van der Waals surface area contributed by atoms with Gasteiger partial charge >= 0.3 is 0 Å². The zero-order chi connectivity index (χ0) is 15.8. The molecule has 1 amide bonds. The molecule has 4 rings (SSSR count). The van der Waals surface area contributed by atoms with Crippen LogP contribution in [0.1, 0.15) is 27.7 Å². The molecule has 1 aromatic carbocycles. The quantitative estimate of drug-likeness (QED) is 0.755. The maximum absolute atomic E-state index is 13.0. The van der Waals surface area contributed by atoms with Gasteiger partial charge in [0.05, 0.1) is 48.5 Å². The van der Waals surface area contributed by atoms with Gasteiger partial charge in [-0.1, -0.05) is 0 Å². The molecule has 1 unspecified atom stereocenters. The largest absolute Gasteiger partial charge is 0.377 e. The number of nitrogens with one attached hydrogen (secondary N) is 2. The lowest BCUT2D eigenvalue weighted by Crippen LogP contribution is -2.43. The Bertz CT molecular complexity index is 853. The van der Waals surface area contributed by atoms with Gasteiger partial charge in [0.15, 0.2) is 0 Å². The van der Waals surface area contributed by atoms with Gasteiger partial charge in [-0.25, -0.2) is 4.98 Å². The van der Waals surface area contributed by atoms with Crippen LogP contribution < -0.4 is 0 Å². The van der Waals surface area contributed by atoms with Crippen LogP contribution in [0.5, 0.6) is 0 Å². The number of imidazole rings is 1. The molecule has 3 heterocycles. The summed E-state index contributed by atoms with van der Waals surface area (Å²) in [5, 5.41) is 7.06. The van der Waals surface area contributed by atoms with Gasteiger partial charge < -0.3 is 14.6 Å². The van der Waals surface area contributed by atoms with Crippen LogP contribution in [0.25, 0.3) is 11.0 Å². The number of nitrogens with zero attached hydrogens (tertiary/aromatic N) is 3. The van der Waals surface area contributed by atoms with Crippen molar-refractivity contribution >= 4 is 16.9 Å². The van der Waals surface area contributed by atoms with E-state index in [4.69, 9.17) is 4.74 Å². The van der Waals surface area contributed by atoms with Crippen molar-refractivity contribution in [3.05, 3.63) is 47.5 Å². The predicted molar refractivity (Wildman–Crippen MR) is 84.0 cm³/mol. The summed E-state index contributed by atoms with van der Waals surface area (Å²) >= 11 is 0. The fourth-order valence-electron chi connectivity index (χ4n) is 3.01. The summed E-state index contributed by atoms with van der Waals surface area (Å²) in [6.07, 6.45) is 3.40. The van der Waals surface area contributed by atoms with Crippen LogP contribution in [-0.4, -0.2) is 50.7 Å². The number of benzene rings is 1. The van der Waals surface area contributed by atoms with E-state index in [1.54, 1.807) is 12.5 Å². The van der Waals surface area contributed by atoms with Gasteiger partial charge in [-0.15, -0.1) is 0 Å². The third-order valence-electron chi connectivity index (χ3n) is 4.26. The van der Waals surface area contributed by atoms with Crippen molar-refractivity contribution in [1.29, 1.82) is 0 Å². The number of aryl methyl sites for hydroxylation is 1. The lowest BCUT2D eigenvalue weighted by atomic mass is 10.1. The van der Waals surface area contributed by atoms with E-state index < -0.39 is 0 Å². The molecule has 0 aliphatic carbocycles. The number of fused-ring (bicyclic) bond motifs is 1. The first-order valence-corrected chi connectivity index (χ1v) is 7.56. The van der Waals surface area contributed by atoms with Gasteiger partial charge in [0, 0.05) is 12.1 Å². The van der Waals surface area contributed by atoms with Crippen molar-refractivity contribution in [2.24, 2.45) is 0 Å². The van der Waals surface area contributed by atoms with E-state index in [2.05, 4.69) is 20.2 Å². The van der Waals surface area contributed by atoms with Crippen LogP contribution in [0.15, 0.2) is 30.7 Å². The van der Waals surface area contributed by atoms with E-state index in [0.29, 0.717) is 25.3 Å². The molecular weight excluding hydrogens is 294 g/mol. The normalized spacial score (nSPS) is 18.5. The number of carbonyl (C=O) groups excluding carboxylic acids is 1. The van der Waals surface area contributed by atoms with E-state index >= 15 is 0 Å². The molecule has 0 bridgehead atoms. The molecule has 1 fully saturated rings. The molecule has 1 aliphatic rings. The minimum atomic E-state index is -0.142. The molecule has 1 aliphatic heterocycles. The average molecular weight is 311 g/mol. The minimum absolute atomic E-state index is 0.0104. The van der Waals surface area contributed by atoms with Gasteiger partial charge in [-0.3, -0.25) is 9.89 Å². The summed E-state index contributed by atoms with van der Waals surface area (Å²) in [7, 11) is 0. The fourth-order valence-corrected chi connectivity index (χ4v) is 3.01. The Labute approximate surface area is 132 Å². The number of carbonyl (C=O) groups is 1. The van der Waals surface area contributed by atoms with Gasteiger partial charge in [0.1, 0.15) is 0 Å². The molecule has 1 saturated heterocycles. The number of morpholine rings is 1. The second-order valence-electron chi connectivity index (χ2n) is 5.69. The van der Waals surface area contributed by atoms with Crippen LogP contribution in [0, 0.1) is 6.92 Å². The summed E-state index contributed by atoms with van der Waals surface area (Å²) in [6, 6.07) is 5.38. The van der Waals surface area contributed by atoms with E-state index in [0.717, 1.165) is 22.3 Å². The summed E-state index contributed by atoms with van der Waals surface area (Å²) in [5.41, 5.74) is 4.32. The van der Waals surface area contributed by atoms with Crippen molar-refractivity contribution < 1.29 is 9.53 Å². The van der Waals surface area contributed by atoms with E-state index in [-0.39, 0.29) is 11.9 Å². The van der Waals surface area contributed by atoms with E-state index in [1.165, 1.54) is 0 Å². The number of aromatic nitrogens is 4. The van der Waals surface area contributed by atoms with Crippen LogP contribution in [0.3, 0.4) is 0 Å². The predicted octanol–water partition coefficient (Wildman–Crippen LogP) is 1.81. The highest BCUT2D eigenvalue weighted by Gasteiger charge is 2.31. The highest BCUT2D eigenvalue weighted by Crippen LogP contribution is 2.27. The van der Waals surface area contributed by atoms with Gasteiger partial charge in [0.2, 0.25) is 0 Å². The monoisotopic (exact) mass is 311 g/mol. The highest BCUT2D eigenvalue weighted by molar-refractivity contribution is 5.97. The zero-order valence-corrected chi connectivity index (χ0v) is 12.7. The molecule has 118 valence electrons. The molecule has 2 N–H and O–H groups in total. The fraction of sp³-hybridized carbons (Fsp3) is 0.312. The number of H-pyrrole nitrogens is 2. The number of rotatable bonds is 2. The SMILES string of the molecule is Cc1cn[nH]c1C1COCCN1C(=O)c1ccc2nc[nH]c2c1. The maximum Gasteiger partial charge on any atom is 0.254 e. The Morgan fingerprint density at radius 3 is 3.17 bits per heavy atom.